The number of rotatable bonds is 7. The highest BCUT2D eigenvalue weighted by Crippen LogP contribution is 2.24. The van der Waals surface area contributed by atoms with Crippen molar-refractivity contribution in [2.24, 2.45) is 0 Å². The number of aryl methyl sites for hydroxylation is 2. The molecular formula is C24H28N2O2. The number of carbonyl (C=O) groups is 1. The largest absolute Gasteiger partial charge is 0.478 e. The first-order valence-corrected chi connectivity index (χ1v) is 9.60. The molecule has 0 amide bonds. The Balaban J connectivity index is 1.84. The zero-order valence-electron chi connectivity index (χ0n) is 17.0. The van der Waals surface area contributed by atoms with Gasteiger partial charge in [-0.1, -0.05) is 59.7 Å². The molecule has 0 atom stereocenters. The van der Waals surface area contributed by atoms with Gasteiger partial charge in [0.05, 0.1) is 5.56 Å². The van der Waals surface area contributed by atoms with E-state index in [1.54, 1.807) is 0 Å². The quantitative estimate of drug-likeness (QED) is 0.625. The van der Waals surface area contributed by atoms with Crippen LogP contribution in [-0.4, -0.2) is 15.6 Å². The normalized spacial score (nSPS) is 11.0. The molecule has 4 nitrogen and oxygen atoms in total. The summed E-state index contributed by atoms with van der Waals surface area (Å²) in [4.78, 5) is 12.0. The second-order valence-electron chi connectivity index (χ2n) is 7.50. The van der Waals surface area contributed by atoms with Gasteiger partial charge in [0, 0.05) is 36.6 Å². The van der Waals surface area contributed by atoms with Crippen LogP contribution in [-0.2, 0) is 19.6 Å². The summed E-state index contributed by atoms with van der Waals surface area (Å²) in [6.07, 6.45) is 0. The second kappa shape index (κ2) is 8.44. The fourth-order valence-corrected chi connectivity index (χ4v) is 3.83. The Kier molecular flexibility index (Phi) is 6.00. The average Bonchev–Trinajstić information content (AvgIpc) is 2.86. The minimum atomic E-state index is -0.865. The van der Waals surface area contributed by atoms with E-state index < -0.39 is 5.97 Å². The Morgan fingerprint density at radius 1 is 0.893 bits per heavy atom. The van der Waals surface area contributed by atoms with Crippen molar-refractivity contribution < 1.29 is 9.90 Å². The van der Waals surface area contributed by atoms with Crippen molar-refractivity contribution in [2.75, 3.05) is 0 Å². The van der Waals surface area contributed by atoms with Crippen LogP contribution in [0.5, 0.6) is 0 Å². The number of carboxylic acid groups (broad SMARTS) is 1. The Morgan fingerprint density at radius 2 is 1.50 bits per heavy atom. The number of benzene rings is 2. The SMILES string of the molecule is Cc1cccc(CNCc2c(C(=O)O)c(C)n(Cc3cccc(C)c3)c2C)c1. The third kappa shape index (κ3) is 4.34. The van der Waals surface area contributed by atoms with Crippen LogP contribution in [0.4, 0.5) is 0 Å². The molecule has 146 valence electrons. The van der Waals surface area contributed by atoms with Gasteiger partial charge in [-0.2, -0.15) is 0 Å². The predicted octanol–water partition coefficient (Wildman–Crippen LogP) is 4.76. The van der Waals surface area contributed by atoms with Crippen LogP contribution in [0, 0.1) is 27.7 Å². The van der Waals surface area contributed by atoms with E-state index in [0.717, 1.165) is 17.0 Å². The first-order valence-electron chi connectivity index (χ1n) is 9.60. The molecule has 0 bridgehead atoms. The highest BCUT2D eigenvalue weighted by molar-refractivity contribution is 5.91. The summed E-state index contributed by atoms with van der Waals surface area (Å²) >= 11 is 0. The molecule has 3 rings (SSSR count). The molecule has 0 fully saturated rings. The van der Waals surface area contributed by atoms with Crippen molar-refractivity contribution in [3.8, 4) is 0 Å². The fourth-order valence-electron chi connectivity index (χ4n) is 3.83. The monoisotopic (exact) mass is 376 g/mol. The molecule has 0 spiro atoms. The lowest BCUT2D eigenvalue weighted by Crippen LogP contribution is -2.15. The molecule has 0 aliphatic carbocycles. The summed E-state index contributed by atoms with van der Waals surface area (Å²) in [6, 6.07) is 16.7. The summed E-state index contributed by atoms with van der Waals surface area (Å²) < 4.78 is 2.11. The van der Waals surface area contributed by atoms with E-state index in [2.05, 4.69) is 60.1 Å². The number of nitrogens with one attached hydrogen (secondary N) is 1. The van der Waals surface area contributed by atoms with Crippen LogP contribution < -0.4 is 5.32 Å². The Hall–Kier alpha value is -2.85. The van der Waals surface area contributed by atoms with Gasteiger partial charge in [-0.15, -0.1) is 0 Å². The van der Waals surface area contributed by atoms with Crippen LogP contribution in [0.2, 0.25) is 0 Å². The van der Waals surface area contributed by atoms with Gasteiger partial charge in [-0.3, -0.25) is 0 Å². The number of aromatic carboxylic acids is 1. The first kappa shape index (κ1) is 19.9. The summed E-state index contributed by atoms with van der Waals surface area (Å²) in [5.41, 5.74) is 7.90. The molecule has 4 heteroatoms. The molecule has 2 aromatic carbocycles. The van der Waals surface area contributed by atoms with Gasteiger partial charge in [-0.05, 0) is 38.8 Å². The zero-order chi connectivity index (χ0) is 20.3. The van der Waals surface area contributed by atoms with Crippen molar-refractivity contribution in [2.45, 2.75) is 47.3 Å². The number of hydrogen-bond acceptors (Lipinski definition) is 2. The molecule has 0 aliphatic heterocycles. The molecular weight excluding hydrogens is 348 g/mol. The third-order valence-electron chi connectivity index (χ3n) is 5.26. The summed E-state index contributed by atoms with van der Waals surface area (Å²) in [6.45, 7) is 9.98. The lowest BCUT2D eigenvalue weighted by molar-refractivity contribution is 0.0694. The van der Waals surface area contributed by atoms with Gasteiger partial charge in [0.2, 0.25) is 0 Å². The molecule has 1 heterocycles. The molecule has 0 saturated heterocycles. The maximum atomic E-state index is 12.0. The van der Waals surface area contributed by atoms with Crippen LogP contribution in [0.15, 0.2) is 48.5 Å². The predicted molar refractivity (Wildman–Crippen MR) is 113 cm³/mol. The Bertz CT molecular complexity index is 1000. The first-order chi connectivity index (χ1) is 13.4. The molecule has 28 heavy (non-hydrogen) atoms. The van der Waals surface area contributed by atoms with E-state index >= 15 is 0 Å². The fraction of sp³-hybridized carbons (Fsp3) is 0.292. The maximum absolute atomic E-state index is 12.0. The van der Waals surface area contributed by atoms with Crippen LogP contribution in [0.3, 0.4) is 0 Å². The molecule has 0 radical (unpaired) electrons. The van der Waals surface area contributed by atoms with Crippen LogP contribution in [0.25, 0.3) is 0 Å². The maximum Gasteiger partial charge on any atom is 0.337 e. The summed E-state index contributed by atoms with van der Waals surface area (Å²) in [5.74, 6) is -0.865. The Morgan fingerprint density at radius 3 is 2.11 bits per heavy atom. The summed E-state index contributed by atoms with van der Waals surface area (Å²) in [7, 11) is 0. The number of carboxylic acids is 1. The van der Waals surface area contributed by atoms with E-state index in [9.17, 15) is 9.90 Å². The highest BCUT2D eigenvalue weighted by Gasteiger charge is 2.22. The topological polar surface area (TPSA) is 54.3 Å². The minimum Gasteiger partial charge on any atom is -0.478 e. The molecule has 3 aromatic rings. The van der Waals surface area contributed by atoms with Crippen molar-refractivity contribution in [1.29, 1.82) is 0 Å². The van der Waals surface area contributed by atoms with E-state index in [4.69, 9.17) is 0 Å². The lowest BCUT2D eigenvalue weighted by atomic mass is 10.1. The molecule has 0 aliphatic rings. The van der Waals surface area contributed by atoms with Crippen LogP contribution in [0.1, 0.15) is 49.6 Å². The van der Waals surface area contributed by atoms with Crippen molar-refractivity contribution in [1.82, 2.24) is 9.88 Å². The van der Waals surface area contributed by atoms with E-state index in [0.29, 0.717) is 25.2 Å². The van der Waals surface area contributed by atoms with E-state index in [1.165, 1.54) is 22.3 Å². The van der Waals surface area contributed by atoms with Crippen molar-refractivity contribution in [3.63, 3.8) is 0 Å². The average molecular weight is 377 g/mol. The van der Waals surface area contributed by atoms with Gasteiger partial charge in [0.15, 0.2) is 0 Å². The standard InChI is InChI=1S/C24H28N2O2/c1-16-7-5-9-20(11-16)13-25-14-22-18(3)26(19(4)23(22)24(27)28)15-21-10-6-8-17(2)12-21/h5-12,25H,13-15H2,1-4H3,(H,27,28). The van der Waals surface area contributed by atoms with Gasteiger partial charge < -0.3 is 15.0 Å². The zero-order valence-corrected chi connectivity index (χ0v) is 17.0. The number of hydrogen-bond donors (Lipinski definition) is 2. The number of nitrogens with zero attached hydrogens (tertiary/aromatic N) is 1. The molecule has 0 unspecified atom stereocenters. The smallest absolute Gasteiger partial charge is 0.337 e. The minimum absolute atomic E-state index is 0.418. The van der Waals surface area contributed by atoms with Gasteiger partial charge in [0.25, 0.3) is 0 Å². The molecule has 2 N–H and O–H groups in total. The van der Waals surface area contributed by atoms with Gasteiger partial charge in [-0.25, -0.2) is 4.79 Å². The molecule has 0 saturated carbocycles. The Labute approximate surface area is 166 Å². The van der Waals surface area contributed by atoms with Gasteiger partial charge >= 0.3 is 5.97 Å². The third-order valence-corrected chi connectivity index (χ3v) is 5.26. The highest BCUT2D eigenvalue weighted by atomic mass is 16.4. The number of aromatic nitrogens is 1. The lowest BCUT2D eigenvalue weighted by Gasteiger charge is -2.11. The van der Waals surface area contributed by atoms with E-state index in [1.807, 2.05) is 26.0 Å². The van der Waals surface area contributed by atoms with E-state index in [-0.39, 0.29) is 0 Å². The van der Waals surface area contributed by atoms with Crippen molar-refractivity contribution >= 4 is 5.97 Å². The van der Waals surface area contributed by atoms with Crippen LogP contribution >= 0.6 is 0 Å². The molecule has 1 aromatic heterocycles. The van der Waals surface area contributed by atoms with Crippen molar-refractivity contribution in [3.05, 3.63) is 93.3 Å². The second-order valence-corrected chi connectivity index (χ2v) is 7.50. The van der Waals surface area contributed by atoms with Gasteiger partial charge in [0.1, 0.15) is 0 Å². The summed E-state index contributed by atoms with van der Waals surface area (Å²) in [5, 5.41) is 13.2.